The molecule has 0 aliphatic rings. The van der Waals surface area contributed by atoms with E-state index < -0.39 is 46.9 Å². The number of carbonyl (C=O) groups excluding carboxylic acids is 1. The van der Waals surface area contributed by atoms with E-state index in [0.29, 0.717) is 18.5 Å². The maximum atomic E-state index is 11.8. The molecule has 152 valence electrons. The van der Waals surface area contributed by atoms with Crippen LogP contribution in [0.2, 0.25) is 0 Å². The molecule has 1 amide bonds. The van der Waals surface area contributed by atoms with Gasteiger partial charge in [-0.15, -0.1) is 0 Å². The Morgan fingerprint density at radius 3 is 2.32 bits per heavy atom. The van der Waals surface area contributed by atoms with Gasteiger partial charge < -0.3 is 10.2 Å². The smallest absolute Gasteiger partial charge is 0.321 e. The van der Waals surface area contributed by atoms with Crippen molar-refractivity contribution in [2.45, 2.75) is 38.1 Å². The summed E-state index contributed by atoms with van der Waals surface area (Å²) in [6, 6.07) is 4.95. The summed E-state index contributed by atoms with van der Waals surface area (Å²) in [5.74, 6) is -3.66. The van der Waals surface area contributed by atoms with Crippen LogP contribution in [-0.4, -0.2) is 42.5 Å². The van der Waals surface area contributed by atoms with Gasteiger partial charge in [-0.1, -0.05) is 29.4 Å². The Kier molecular flexibility index (Phi) is 8.88. The Bertz CT molecular complexity index is 863. The van der Waals surface area contributed by atoms with Gasteiger partial charge in [0.1, 0.15) is 6.04 Å². The van der Waals surface area contributed by atoms with E-state index in [9.17, 15) is 22.8 Å². The number of nitrogens with zero attached hydrogens (tertiary/aromatic N) is 3. The van der Waals surface area contributed by atoms with Crippen LogP contribution in [0.4, 0.5) is 5.69 Å². The van der Waals surface area contributed by atoms with Gasteiger partial charge in [0.25, 0.3) is 0 Å². The molecule has 0 radical (unpaired) electrons. The number of carbonyl (C=O) groups is 3. The van der Waals surface area contributed by atoms with Crippen LogP contribution in [0.5, 0.6) is 0 Å². The molecule has 13 heteroatoms. The SMILES string of the molecule is [N-]=[N+]=Nc1ccc(CCCC(=O)NS(=O)(=O)N[C@@H](CCC(=O)O)C(=O)O)cc1. The van der Waals surface area contributed by atoms with Gasteiger partial charge >= 0.3 is 22.1 Å². The predicted octanol–water partition coefficient (Wildman–Crippen LogP) is 1.22. The zero-order chi connectivity index (χ0) is 21.2. The second-order valence-electron chi connectivity index (χ2n) is 5.68. The molecule has 0 saturated carbocycles. The van der Waals surface area contributed by atoms with Crippen LogP contribution >= 0.6 is 0 Å². The number of amides is 1. The van der Waals surface area contributed by atoms with Crippen molar-refractivity contribution >= 4 is 33.7 Å². The fourth-order valence-electron chi connectivity index (χ4n) is 2.15. The summed E-state index contributed by atoms with van der Waals surface area (Å²) in [7, 11) is -4.45. The molecule has 0 aliphatic carbocycles. The first kappa shape index (κ1) is 22.9. The lowest BCUT2D eigenvalue weighted by atomic mass is 10.1. The second kappa shape index (κ2) is 10.9. The van der Waals surface area contributed by atoms with Crippen molar-refractivity contribution in [1.82, 2.24) is 9.44 Å². The van der Waals surface area contributed by atoms with E-state index in [1.807, 2.05) is 0 Å². The van der Waals surface area contributed by atoms with Crippen molar-refractivity contribution in [3.63, 3.8) is 0 Å². The number of aryl methyl sites for hydroxylation is 1. The lowest BCUT2D eigenvalue weighted by Crippen LogP contribution is -2.48. The van der Waals surface area contributed by atoms with Crippen LogP contribution in [0.15, 0.2) is 29.4 Å². The van der Waals surface area contributed by atoms with Crippen molar-refractivity contribution in [2.75, 3.05) is 0 Å². The molecule has 0 aliphatic heterocycles. The number of carboxylic acid groups (broad SMARTS) is 2. The number of nitrogens with one attached hydrogen (secondary N) is 2. The lowest BCUT2D eigenvalue weighted by molar-refractivity contribution is -0.140. The first-order valence-electron chi connectivity index (χ1n) is 8.04. The third-order valence-electron chi connectivity index (χ3n) is 3.46. The fraction of sp³-hybridized carbons (Fsp3) is 0.400. The van der Waals surface area contributed by atoms with Crippen LogP contribution in [-0.2, 0) is 31.0 Å². The van der Waals surface area contributed by atoms with Gasteiger partial charge in [0, 0.05) is 23.4 Å². The maximum Gasteiger partial charge on any atom is 0.321 e. The molecule has 1 rings (SSSR count). The average Bonchev–Trinajstić information content (AvgIpc) is 2.59. The molecule has 1 atom stereocenters. The molecule has 0 saturated heterocycles. The highest BCUT2D eigenvalue weighted by Crippen LogP contribution is 2.14. The standard InChI is InChI=1S/C15H19N5O7S/c16-20-17-11-6-4-10(5-7-11)2-1-3-13(21)19-28(26,27)18-12(15(24)25)8-9-14(22)23/h4-7,12,18H,1-3,8-9H2,(H,19,21)(H,22,23)(H,24,25)/t12-/m0/s1. The Morgan fingerprint density at radius 2 is 1.79 bits per heavy atom. The molecule has 0 unspecified atom stereocenters. The summed E-state index contributed by atoms with van der Waals surface area (Å²) in [5, 5.41) is 20.9. The van der Waals surface area contributed by atoms with E-state index in [0.717, 1.165) is 5.56 Å². The van der Waals surface area contributed by atoms with Crippen molar-refractivity contribution < 1.29 is 33.0 Å². The molecule has 28 heavy (non-hydrogen) atoms. The normalized spacial score (nSPS) is 11.9. The number of rotatable bonds is 12. The summed E-state index contributed by atoms with van der Waals surface area (Å²) < 4.78 is 27.1. The van der Waals surface area contributed by atoms with Crippen LogP contribution in [0.1, 0.15) is 31.2 Å². The van der Waals surface area contributed by atoms with Gasteiger partial charge in [-0.3, -0.25) is 14.4 Å². The van der Waals surface area contributed by atoms with Crippen LogP contribution in [0.25, 0.3) is 10.4 Å². The number of carboxylic acids is 2. The quantitative estimate of drug-likeness (QED) is 0.224. The van der Waals surface area contributed by atoms with E-state index in [1.165, 1.54) is 0 Å². The average molecular weight is 413 g/mol. The second-order valence-corrected chi connectivity index (χ2v) is 7.13. The zero-order valence-electron chi connectivity index (χ0n) is 14.6. The third-order valence-corrected chi connectivity index (χ3v) is 4.55. The number of aliphatic carboxylic acids is 2. The molecule has 0 aromatic heterocycles. The number of hydrogen-bond acceptors (Lipinski definition) is 6. The molecule has 0 spiro atoms. The highest BCUT2D eigenvalue weighted by Gasteiger charge is 2.25. The minimum atomic E-state index is -4.45. The fourth-order valence-corrected chi connectivity index (χ4v) is 3.21. The Labute approximate surface area is 160 Å². The van der Waals surface area contributed by atoms with Crippen LogP contribution < -0.4 is 9.44 Å². The van der Waals surface area contributed by atoms with Gasteiger partial charge in [-0.25, -0.2) is 4.72 Å². The Balaban J connectivity index is 2.50. The molecule has 4 N–H and O–H groups in total. The third kappa shape index (κ3) is 8.98. The zero-order valence-corrected chi connectivity index (χ0v) is 15.4. The molecule has 0 fully saturated rings. The topological polar surface area (TPSA) is 199 Å². The van der Waals surface area contributed by atoms with Gasteiger partial charge in [-0.2, -0.15) is 13.1 Å². The predicted molar refractivity (Wildman–Crippen MR) is 96.7 cm³/mol. The minimum Gasteiger partial charge on any atom is -0.481 e. The molecule has 0 bridgehead atoms. The Morgan fingerprint density at radius 1 is 1.14 bits per heavy atom. The number of benzene rings is 1. The van der Waals surface area contributed by atoms with E-state index >= 15 is 0 Å². The summed E-state index contributed by atoms with van der Waals surface area (Å²) in [5.41, 5.74) is 9.62. The largest absolute Gasteiger partial charge is 0.481 e. The van der Waals surface area contributed by atoms with Crippen molar-refractivity contribution in [2.24, 2.45) is 5.11 Å². The van der Waals surface area contributed by atoms with Gasteiger partial charge in [0.15, 0.2) is 0 Å². The maximum absolute atomic E-state index is 11.8. The monoisotopic (exact) mass is 413 g/mol. The molecular weight excluding hydrogens is 394 g/mol. The summed E-state index contributed by atoms with van der Waals surface area (Å²) in [4.78, 5) is 35.9. The lowest BCUT2D eigenvalue weighted by Gasteiger charge is -2.14. The van der Waals surface area contributed by atoms with E-state index in [4.69, 9.17) is 15.7 Å². The van der Waals surface area contributed by atoms with Crippen molar-refractivity contribution in [3.8, 4) is 0 Å². The molecular formula is C15H19N5O7S. The Hall–Kier alpha value is -3.15. The van der Waals surface area contributed by atoms with Crippen LogP contribution in [0, 0.1) is 0 Å². The molecule has 0 heterocycles. The van der Waals surface area contributed by atoms with Gasteiger partial charge in [-0.05, 0) is 30.4 Å². The van der Waals surface area contributed by atoms with Crippen molar-refractivity contribution in [3.05, 3.63) is 40.3 Å². The molecule has 1 aromatic carbocycles. The summed E-state index contributed by atoms with van der Waals surface area (Å²) in [6.45, 7) is 0. The highest BCUT2D eigenvalue weighted by atomic mass is 32.2. The summed E-state index contributed by atoms with van der Waals surface area (Å²) in [6.07, 6.45) is -0.360. The highest BCUT2D eigenvalue weighted by molar-refractivity contribution is 7.88. The molecule has 1 aromatic rings. The molecule has 12 nitrogen and oxygen atoms in total. The number of hydrogen-bond donors (Lipinski definition) is 4. The summed E-state index contributed by atoms with van der Waals surface area (Å²) >= 11 is 0. The van der Waals surface area contributed by atoms with E-state index in [1.54, 1.807) is 33.7 Å². The van der Waals surface area contributed by atoms with Gasteiger partial charge in [0.05, 0.1) is 0 Å². The van der Waals surface area contributed by atoms with E-state index in [2.05, 4.69) is 10.0 Å². The van der Waals surface area contributed by atoms with E-state index in [-0.39, 0.29) is 6.42 Å². The number of azide groups is 1. The van der Waals surface area contributed by atoms with Crippen molar-refractivity contribution in [1.29, 1.82) is 0 Å². The first-order chi connectivity index (χ1) is 13.1. The first-order valence-corrected chi connectivity index (χ1v) is 9.53. The van der Waals surface area contributed by atoms with Crippen LogP contribution in [0.3, 0.4) is 0 Å². The van der Waals surface area contributed by atoms with Gasteiger partial charge in [0.2, 0.25) is 5.91 Å². The minimum absolute atomic E-state index is 0.133.